The van der Waals surface area contributed by atoms with Gasteiger partial charge in [-0.15, -0.1) is 0 Å². The second-order valence-corrected chi connectivity index (χ2v) is 4.92. The van der Waals surface area contributed by atoms with Crippen LogP contribution < -0.4 is 11.3 Å². The molecule has 110 valence electrons. The Labute approximate surface area is 122 Å². The maximum atomic E-state index is 12.5. The van der Waals surface area contributed by atoms with Gasteiger partial charge in [0, 0.05) is 0 Å². The number of nitrogens with two attached hydrogens (primary N) is 1. The largest absolute Gasteiger partial charge is 0.465 e. The fourth-order valence-corrected chi connectivity index (χ4v) is 2.47. The number of ether oxygens (including phenoxy) is 1. The molecule has 0 saturated carbocycles. The summed E-state index contributed by atoms with van der Waals surface area (Å²) in [5.41, 5.74) is 8.45. The summed E-state index contributed by atoms with van der Waals surface area (Å²) >= 11 is 0. The number of nitrogen functional groups attached to an aromatic ring is 1. The molecule has 0 fully saturated rings. The zero-order valence-corrected chi connectivity index (χ0v) is 12.4. The van der Waals surface area contributed by atoms with Crippen molar-refractivity contribution >= 4 is 11.8 Å². The van der Waals surface area contributed by atoms with Gasteiger partial charge in [0.1, 0.15) is 12.1 Å². The Morgan fingerprint density at radius 3 is 2.33 bits per heavy atom. The third-order valence-corrected chi connectivity index (χ3v) is 3.27. The lowest BCUT2D eigenvalue weighted by molar-refractivity contribution is 0.0599. The Balaban J connectivity index is 2.78. The number of hydrogen-bond acceptors (Lipinski definition) is 5. The van der Waals surface area contributed by atoms with Crippen molar-refractivity contribution in [2.45, 2.75) is 20.8 Å². The molecule has 0 radical (unpaired) electrons. The molecule has 1 aromatic heterocycles. The minimum Gasteiger partial charge on any atom is -0.465 e. The molecule has 6 heteroatoms. The van der Waals surface area contributed by atoms with Crippen LogP contribution in [0.5, 0.6) is 0 Å². The first-order valence-electron chi connectivity index (χ1n) is 6.40. The van der Waals surface area contributed by atoms with Gasteiger partial charge in [-0.2, -0.15) is 0 Å². The Kier molecular flexibility index (Phi) is 3.80. The molecular weight excluding hydrogens is 270 g/mol. The number of esters is 1. The molecule has 0 unspecified atom stereocenters. The summed E-state index contributed by atoms with van der Waals surface area (Å²) in [7, 11) is 1.20. The number of hydrogen-bond donors (Lipinski definition) is 1. The highest BCUT2D eigenvalue weighted by molar-refractivity contribution is 5.93. The molecule has 2 N–H and O–H groups in total. The molecule has 0 atom stereocenters. The van der Waals surface area contributed by atoms with E-state index >= 15 is 0 Å². The number of benzene rings is 1. The second-order valence-electron chi connectivity index (χ2n) is 4.92. The van der Waals surface area contributed by atoms with Crippen LogP contribution in [0.15, 0.2) is 23.3 Å². The average molecular weight is 287 g/mol. The predicted octanol–water partition coefficient (Wildman–Crippen LogP) is 1.53. The van der Waals surface area contributed by atoms with E-state index < -0.39 is 11.5 Å². The van der Waals surface area contributed by atoms with Gasteiger partial charge >= 0.3 is 5.97 Å². The molecule has 0 bridgehead atoms. The van der Waals surface area contributed by atoms with Crippen LogP contribution in [-0.2, 0) is 4.74 Å². The van der Waals surface area contributed by atoms with E-state index in [1.165, 1.54) is 18.0 Å². The third kappa shape index (κ3) is 2.52. The lowest BCUT2D eigenvalue weighted by Gasteiger charge is -2.14. The van der Waals surface area contributed by atoms with Crippen molar-refractivity contribution in [1.29, 1.82) is 0 Å². The zero-order valence-electron chi connectivity index (χ0n) is 12.4. The lowest BCUT2D eigenvalue weighted by Crippen LogP contribution is -2.29. The van der Waals surface area contributed by atoms with Crippen LogP contribution in [-0.4, -0.2) is 22.6 Å². The summed E-state index contributed by atoms with van der Waals surface area (Å²) in [4.78, 5) is 28.2. The molecule has 2 aromatic rings. The molecule has 0 saturated heterocycles. The van der Waals surface area contributed by atoms with Gasteiger partial charge in [-0.1, -0.05) is 17.7 Å². The van der Waals surface area contributed by atoms with Crippen LogP contribution in [0, 0.1) is 20.8 Å². The number of nitrogens with zero attached hydrogens (tertiary/aromatic N) is 2. The van der Waals surface area contributed by atoms with Crippen LogP contribution in [0.25, 0.3) is 5.69 Å². The highest BCUT2D eigenvalue weighted by atomic mass is 16.5. The van der Waals surface area contributed by atoms with Crippen molar-refractivity contribution < 1.29 is 9.53 Å². The number of aromatic nitrogens is 2. The number of carbonyl (C=O) groups is 1. The smallest absolute Gasteiger partial charge is 0.347 e. The number of carbonyl (C=O) groups excluding carboxylic acids is 1. The maximum absolute atomic E-state index is 12.5. The Morgan fingerprint density at radius 2 is 1.81 bits per heavy atom. The first-order chi connectivity index (χ1) is 9.86. The van der Waals surface area contributed by atoms with Crippen LogP contribution >= 0.6 is 0 Å². The van der Waals surface area contributed by atoms with Crippen molar-refractivity contribution in [2.24, 2.45) is 0 Å². The van der Waals surface area contributed by atoms with Crippen LogP contribution in [0.3, 0.4) is 0 Å². The summed E-state index contributed by atoms with van der Waals surface area (Å²) in [6.07, 6.45) is 1.33. The maximum Gasteiger partial charge on any atom is 0.347 e. The van der Waals surface area contributed by atoms with Gasteiger partial charge in [-0.05, 0) is 31.9 Å². The minimum absolute atomic E-state index is 0.134. The Morgan fingerprint density at radius 1 is 1.24 bits per heavy atom. The summed E-state index contributed by atoms with van der Waals surface area (Å²) < 4.78 is 5.92. The van der Waals surface area contributed by atoms with Gasteiger partial charge in [0.2, 0.25) is 0 Å². The van der Waals surface area contributed by atoms with Gasteiger partial charge in [0.15, 0.2) is 5.56 Å². The summed E-state index contributed by atoms with van der Waals surface area (Å²) in [5.74, 6) is -0.924. The van der Waals surface area contributed by atoms with E-state index in [9.17, 15) is 9.59 Å². The van der Waals surface area contributed by atoms with Gasteiger partial charge in [-0.3, -0.25) is 9.36 Å². The molecule has 21 heavy (non-hydrogen) atoms. The van der Waals surface area contributed by atoms with E-state index in [0.717, 1.165) is 16.7 Å². The Hall–Kier alpha value is -2.63. The number of methoxy groups -OCH3 is 1. The summed E-state index contributed by atoms with van der Waals surface area (Å²) in [5, 5.41) is 0. The topological polar surface area (TPSA) is 87.2 Å². The van der Waals surface area contributed by atoms with E-state index in [4.69, 9.17) is 5.73 Å². The first-order valence-corrected chi connectivity index (χ1v) is 6.40. The molecule has 6 nitrogen and oxygen atoms in total. The molecule has 1 aromatic carbocycles. The fourth-order valence-electron chi connectivity index (χ4n) is 2.47. The second kappa shape index (κ2) is 5.40. The van der Waals surface area contributed by atoms with Gasteiger partial charge < -0.3 is 10.5 Å². The lowest BCUT2D eigenvalue weighted by atomic mass is 10.0. The fraction of sp³-hybridized carbons (Fsp3) is 0.267. The van der Waals surface area contributed by atoms with E-state index in [1.807, 2.05) is 32.9 Å². The first kappa shape index (κ1) is 14.8. The van der Waals surface area contributed by atoms with E-state index in [1.54, 1.807) is 0 Å². The molecular formula is C15H17N3O3. The third-order valence-electron chi connectivity index (χ3n) is 3.27. The van der Waals surface area contributed by atoms with E-state index in [-0.39, 0.29) is 11.4 Å². The van der Waals surface area contributed by atoms with Crippen LogP contribution in [0.4, 0.5) is 5.82 Å². The number of aryl methyl sites for hydroxylation is 3. The van der Waals surface area contributed by atoms with Gasteiger partial charge in [0.05, 0.1) is 12.8 Å². The summed E-state index contributed by atoms with van der Waals surface area (Å²) in [6, 6.07) is 3.92. The molecule has 0 aliphatic heterocycles. The molecule has 2 rings (SSSR count). The SMILES string of the molecule is COC(=O)c1c(N)ncn(-c2c(C)cc(C)cc2C)c1=O. The molecule has 0 amide bonds. The number of anilines is 1. The Bertz CT molecular complexity index is 755. The van der Waals surface area contributed by atoms with E-state index in [2.05, 4.69) is 9.72 Å². The highest BCUT2D eigenvalue weighted by Crippen LogP contribution is 2.20. The van der Waals surface area contributed by atoms with E-state index in [0.29, 0.717) is 5.69 Å². The quantitative estimate of drug-likeness (QED) is 0.846. The minimum atomic E-state index is -0.790. The van der Waals surface area contributed by atoms with Gasteiger partial charge in [-0.25, -0.2) is 9.78 Å². The standard InChI is InChI=1S/C15H17N3O3/c1-8-5-9(2)12(10(3)6-8)18-7-17-13(16)11(14(18)19)15(20)21-4/h5-7H,16H2,1-4H3. The van der Waals surface area contributed by atoms with Crippen molar-refractivity contribution in [1.82, 2.24) is 9.55 Å². The zero-order chi connectivity index (χ0) is 15.7. The van der Waals surface area contributed by atoms with Gasteiger partial charge in [0.25, 0.3) is 5.56 Å². The molecule has 0 aliphatic rings. The number of rotatable bonds is 2. The monoisotopic (exact) mass is 287 g/mol. The van der Waals surface area contributed by atoms with Crippen molar-refractivity contribution in [3.63, 3.8) is 0 Å². The molecule has 0 spiro atoms. The van der Waals surface area contributed by atoms with Crippen LogP contribution in [0.1, 0.15) is 27.0 Å². The van der Waals surface area contributed by atoms with Crippen LogP contribution in [0.2, 0.25) is 0 Å². The molecule has 1 heterocycles. The van der Waals surface area contributed by atoms with Crippen molar-refractivity contribution in [2.75, 3.05) is 12.8 Å². The molecule has 0 aliphatic carbocycles. The average Bonchev–Trinajstić information content (AvgIpc) is 2.40. The summed E-state index contributed by atoms with van der Waals surface area (Å²) in [6.45, 7) is 5.78. The predicted molar refractivity (Wildman–Crippen MR) is 79.8 cm³/mol. The van der Waals surface area contributed by atoms with Crippen molar-refractivity contribution in [3.8, 4) is 5.69 Å². The highest BCUT2D eigenvalue weighted by Gasteiger charge is 2.20. The normalized spacial score (nSPS) is 10.5. The van der Waals surface area contributed by atoms with Crippen molar-refractivity contribution in [3.05, 3.63) is 51.1 Å².